The first-order valence-corrected chi connectivity index (χ1v) is 7.64. The van der Waals surface area contributed by atoms with Crippen LogP contribution in [0.15, 0.2) is 29.3 Å². The van der Waals surface area contributed by atoms with Crippen molar-refractivity contribution in [3.8, 4) is 0 Å². The summed E-state index contributed by atoms with van der Waals surface area (Å²) < 4.78 is 0. The van der Waals surface area contributed by atoms with Gasteiger partial charge in [-0.25, -0.2) is 4.99 Å². The number of aliphatic imine (C=N–C) groups is 1. The van der Waals surface area contributed by atoms with Gasteiger partial charge >= 0.3 is 5.97 Å². The van der Waals surface area contributed by atoms with Crippen molar-refractivity contribution in [1.29, 1.82) is 0 Å². The standard InChI is InChI=1S/C17H20N2O3/c1-17(2)9-5-6-10-19(17)15-13(16(21)22)14(20)11-7-3-4-8-12(11)18-15/h3-4,7-8,13H,5-6,9-10H2,1-2H3,(H,21,22). The van der Waals surface area contributed by atoms with Gasteiger partial charge in [0.25, 0.3) is 0 Å². The van der Waals surface area contributed by atoms with E-state index in [1.54, 1.807) is 18.2 Å². The molecule has 1 aromatic rings. The SMILES string of the molecule is CC1(C)CCCCN1C1=Nc2ccccc2C(=O)C1C(=O)O. The zero-order chi connectivity index (χ0) is 15.9. The molecule has 1 unspecified atom stereocenters. The Bertz CT molecular complexity index is 664. The number of carbonyl (C=O) groups is 2. The van der Waals surface area contributed by atoms with Gasteiger partial charge in [-0.1, -0.05) is 12.1 Å². The van der Waals surface area contributed by atoms with E-state index < -0.39 is 11.9 Å². The number of amidine groups is 1. The molecule has 22 heavy (non-hydrogen) atoms. The Morgan fingerprint density at radius 1 is 1.32 bits per heavy atom. The maximum Gasteiger partial charge on any atom is 0.322 e. The molecule has 2 aliphatic heterocycles. The summed E-state index contributed by atoms with van der Waals surface area (Å²) in [5, 5.41) is 9.58. The number of nitrogens with zero attached hydrogens (tertiary/aromatic N) is 2. The molecule has 0 saturated carbocycles. The summed E-state index contributed by atoms with van der Waals surface area (Å²) in [6.45, 7) is 4.90. The summed E-state index contributed by atoms with van der Waals surface area (Å²) in [5.41, 5.74) is 0.784. The van der Waals surface area contributed by atoms with Crippen molar-refractivity contribution in [2.75, 3.05) is 6.54 Å². The van der Waals surface area contributed by atoms with Crippen molar-refractivity contribution >= 4 is 23.3 Å². The van der Waals surface area contributed by atoms with Crippen LogP contribution in [0.1, 0.15) is 43.5 Å². The minimum Gasteiger partial charge on any atom is -0.480 e. The first kappa shape index (κ1) is 14.8. The molecule has 3 rings (SSSR count). The van der Waals surface area contributed by atoms with Crippen LogP contribution in [0.3, 0.4) is 0 Å². The van der Waals surface area contributed by atoms with Crippen molar-refractivity contribution < 1.29 is 14.7 Å². The number of hydrogen-bond donors (Lipinski definition) is 1. The molecule has 1 aromatic carbocycles. The number of aliphatic carboxylic acids is 1. The molecule has 0 aliphatic carbocycles. The van der Waals surface area contributed by atoms with Crippen LogP contribution in [-0.4, -0.2) is 39.7 Å². The average molecular weight is 300 g/mol. The van der Waals surface area contributed by atoms with Crippen molar-refractivity contribution in [1.82, 2.24) is 4.90 Å². The number of rotatable bonds is 1. The maximum atomic E-state index is 12.6. The van der Waals surface area contributed by atoms with Crippen LogP contribution < -0.4 is 0 Å². The predicted molar refractivity (Wildman–Crippen MR) is 83.6 cm³/mol. The lowest BCUT2D eigenvalue weighted by Gasteiger charge is -2.46. The van der Waals surface area contributed by atoms with E-state index in [9.17, 15) is 14.7 Å². The normalized spacial score (nSPS) is 23.7. The second kappa shape index (κ2) is 5.23. The summed E-state index contributed by atoms with van der Waals surface area (Å²) in [7, 11) is 0. The van der Waals surface area contributed by atoms with Crippen molar-refractivity contribution in [2.24, 2.45) is 10.9 Å². The number of piperidine rings is 1. The first-order valence-electron chi connectivity index (χ1n) is 7.64. The molecule has 0 bridgehead atoms. The van der Waals surface area contributed by atoms with Gasteiger partial charge in [0, 0.05) is 17.6 Å². The van der Waals surface area contributed by atoms with Gasteiger partial charge in [-0.05, 0) is 45.2 Å². The maximum absolute atomic E-state index is 12.6. The lowest BCUT2D eigenvalue weighted by molar-refractivity contribution is -0.138. The van der Waals surface area contributed by atoms with E-state index >= 15 is 0 Å². The van der Waals surface area contributed by atoms with Gasteiger partial charge in [-0.3, -0.25) is 9.59 Å². The molecule has 1 atom stereocenters. The third kappa shape index (κ3) is 2.30. The van der Waals surface area contributed by atoms with Crippen molar-refractivity contribution in [3.05, 3.63) is 29.8 Å². The van der Waals surface area contributed by atoms with E-state index in [1.807, 2.05) is 11.0 Å². The van der Waals surface area contributed by atoms with Crippen LogP contribution in [0, 0.1) is 5.92 Å². The molecule has 116 valence electrons. The van der Waals surface area contributed by atoms with E-state index in [4.69, 9.17) is 0 Å². The lowest BCUT2D eigenvalue weighted by Crippen LogP contribution is -2.55. The van der Waals surface area contributed by atoms with E-state index in [0.29, 0.717) is 17.1 Å². The number of ketones is 1. The van der Waals surface area contributed by atoms with Gasteiger partial charge < -0.3 is 10.0 Å². The van der Waals surface area contributed by atoms with Gasteiger partial charge in [0.05, 0.1) is 5.69 Å². The number of likely N-dealkylation sites (tertiary alicyclic amines) is 1. The summed E-state index contributed by atoms with van der Waals surface area (Å²) in [6, 6.07) is 6.97. The highest BCUT2D eigenvalue weighted by Gasteiger charge is 2.43. The summed E-state index contributed by atoms with van der Waals surface area (Å²) >= 11 is 0. The Balaban J connectivity index is 2.12. The Labute approximate surface area is 129 Å². The van der Waals surface area contributed by atoms with Gasteiger partial charge in [0.15, 0.2) is 11.7 Å². The van der Waals surface area contributed by atoms with Crippen molar-refractivity contribution in [3.63, 3.8) is 0 Å². The zero-order valence-electron chi connectivity index (χ0n) is 12.9. The zero-order valence-corrected chi connectivity index (χ0v) is 12.9. The molecule has 0 amide bonds. The number of carbonyl (C=O) groups excluding carboxylic acids is 1. The highest BCUT2D eigenvalue weighted by atomic mass is 16.4. The average Bonchev–Trinajstić information content (AvgIpc) is 2.46. The minimum absolute atomic E-state index is 0.183. The molecule has 1 saturated heterocycles. The lowest BCUT2D eigenvalue weighted by atomic mass is 9.85. The number of fused-ring (bicyclic) bond motifs is 1. The van der Waals surface area contributed by atoms with E-state index in [-0.39, 0.29) is 11.3 Å². The molecular formula is C17H20N2O3. The van der Waals surface area contributed by atoms with Crippen molar-refractivity contribution in [2.45, 2.75) is 38.6 Å². The van der Waals surface area contributed by atoms with Crippen LogP contribution in [0.5, 0.6) is 0 Å². The number of hydrogen-bond acceptors (Lipinski definition) is 4. The fourth-order valence-corrected chi connectivity index (χ4v) is 3.37. The molecular weight excluding hydrogens is 280 g/mol. The first-order chi connectivity index (χ1) is 10.4. The molecule has 5 heteroatoms. The number of benzene rings is 1. The molecule has 0 radical (unpaired) electrons. The molecule has 5 nitrogen and oxygen atoms in total. The van der Waals surface area contributed by atoms with E-state index in [1.165, 1.54) is 0 Å². The number of carboxylic acids is 1. The molecule has 0 aromatic heterocycles. The van der Waals surface area contributed by atoms with Gasteiger partial charge in [-0.2, -0.15) is 0 Å². The molecule has 2 aliphatic rings. The second-order valence-corrected chi connectivity index (χ2v) is 6.54. The quantitative estimate of drug-likeness (QED) is 0.810. The summed E-state index contributed by atoms with van der Waals surface area (Å²) in [6.07, 6.45) is 3.07. The van der Waals surface area contributed by atoms with E-state index in [0.717, 1.165) is 25.8 Å². The fraction of sp³-hybridized carbons (Fsp3) is 0.471. The Morgan fingerprint density at radius 2 is 2.05 bits per heavy atom. The van der Waals surface area contributed by atoms with Crippen LogP contribution in [-0.2, 0) is 4.79 Å². The number of para-hydroxylation sites is 1. The molecule has 0 spiro atoms. The van der Waals surface area contributed by atoms with Crippen LogP contribution in [0.25, 0.3) is 0 Å². The number of carboxylic acid groups (broad SMARTS) is 1. The highest BCUT2D eigenvalue weighted by molar-refractivity contribution is 6.26. The molecule has 2 heterocycles. The highest BCUT2D eigenvalue weighted by Crippen LogP contribution is 2.35. The number of Topliss-reactive ketones (excluding diaryl/α,β-unsaturated/α-hetero) is 1. The third-order valence-electron chi connectivity index (χ3n) is 4.60. The molecule has 1 fully saturated rings. The Hall–Kier alpha value is -2.17. The van der Waals surface area contributed by atoms with Crippen LogP contribution >= 0.6 is 0 Å². The van der Waals surface area contributed by atoms with Gasteiger partial charge in [0.1, 0.15) is 5.84 Å². The Kier molecular flexibility index (Phi) is 3.51. The molecule has 1 N–H and O–H groups in total. The van der Waals surface area contributed by atoms with Gasteiger partial charge in [-0.15, -0.1) is 0 Å². The summed E-state index contributed by atoms with van der Waals surface area (Å²) in [4.78, 5) is 30.9. The van der Waals surface area contributed by atoms with Gasteiger partial charge in [0.2, 0.25) is 0 Å². The monoisotopic (exact) mass is 300 g/mol. The second-order valence-electron chi connectivity index (χ2n) is 6.54. The fourth-order valence-electron chi connectivity index (χ4n) is 3.37. The smallest absolute Gasteiger partial charge is 0.322 e. The summed E-state index contributed by atoms with van der Waals surface area (Å²) in [5.74, 6) is -2.30. The van der Waals surface area contributed by atoms with Crippen LogP contribution in [0.4, 0.5) is 5.69 Å². The predicted octanol–water partition coefficient (Wildman–Crippen LogP) is 2.88. The third-order valence-corrected chi connectivity index (χ3v) is 4.60. The topological polar surface area (TPSA) is 70.0 Å². The van der Waals surface area contributed by atoms with Crippen LogP contribution in [0.2, 0.25) is 0 Å². The largest absolute Gasteiger partial charge is 0.480 e. The Morgan fingerprint density at radius 3 is 2.73 bits per heavy atom. The minimum atomic E-state index is -1.20. The van der Waals surface area contributed by atoms with E-state index in [2.05, 4.69) is 18.8 Å².